The molecule has 0 spiro atoms. The average Bonchev–Trinajstić information content (AvgIpc) is 3.47. The number of hydrogen-bond acceptors (Lipinski definition) is 12. The molecule has 4 aromatic heterocycles. The Morgan fingerprint density at radius 1 is 0.250 bits per heavy atom. The molecule has 6 N–H and O–H groups in total. The predicted octanol–water partition coefficient (Wildman–Crippen LogP) is 7.21. The first-order valence-electron chi connectivity index (χ1n) is 23.7. The van der Waals surface area contributed by atoms with Crippen LogP contribution in [0.5, 0.6) is 0 Å². The Bertz CT molecular complexity index is 3550. The van der Waals surface area contributed by atoms with Gasteiger partial charge < -0.3 is 50.6 Å². The molecular weight excluding hydrogens is 1110 g/mol. The van der Waals surface area contributed by atoms with E-state index in [4.69, 9.17) is 0 Å². The number of hydrogen-bond donors (Lipinski definition) is 0. The molecule has 4 heterocycles. The minimum absolute atomic E-state index is 0. The van der Waals surface area contributed by atoms with Crippen LogP contribution in [-0.2, 0) is 45.1 Å². The second-order valence-corrected chi connectivity index (χ2v) is 16.9. The summed E-state index contributed by atoms with van der Waals surface area (Å²) in [6, 6.07) is 72.9. The summed E-state index contributed by atoms with van der Waals surface area (Å²) in [4.78, 5) is 63.0. The summed E-state index contributed by atoms with van der Waals surface area (Å²) in [5.74, 6) is -4.74. The van der Waals surface area contributed by atoms with E-state index < -0.39 is 23.9 Å². The van der Waals surface area contributed by atoms with E-state index in [2.05, 4.69) is 19.9 Å². The van der Waals surface area contributed by atoms with Gasteiger partial charge in [-0.3, -0.25) is 0 Å². The molecule has 2 radical (unpaired) electrons. The first kappa shape index (κ1) is 61.1. The fraction of sp³-hybridized carbons (Fsp3) is 0. The third kappa shape index (κ3) is 14.4. The Hall–Kier alpha value is -9.76. The van der Waals surface area contributed by atoms with Crippen LogP contribution in [-0.4, -0.2) is 43.8 Å². The molecule has 16 heteroatoms. The minimum atomic E-state index is -1.18. The van der Waals surface area contributed by atoms with Crippen molar-refractivity contribution in [3.05, 3.63) is 265 Å². The van der Waals surface area contributed by atoms with Crippen molar-refractivity contribution >= 4 is 67.5 Å². The molecule has 0 bridgehead atoms. The second kappa shape index (κ2) is 28.6. The van der Waals surface area contributed by atoms with Crippen molar-refractivity contribution in [1.29, 1.82) is 0 Å². The minimum Gasteiger partial charge on any atom is -0.545 e. The number of nitrogens with zero attached hydrogens (tertiary/aromatic N) is 4. The SMILES string of the molecule is O=C([O-])c1cc(-c2ccccc2)nc2ccccc12.O=C([O-])c1cc(-c2ccccc2)nc2ccccc12.O=C([O-])c1cc(-c2ccccc2)nc2ccccc12.O=C([O-])c1cc(-c2ccccc2)nc2ccccc12.[Cu+2].[Cu+2].[OH3+].[OH3+]. The average molecular weight is 1160 g/mol. The first-order valence-corrected chi connectivity index (χ1v) is 23.7. The molecule has 0 atom stereocenters. The summed E-state index contributed by atoms with van der Waals surface area (Å²) in [6.45, 7) is 0. The fourth-order valence-electron chi connectivity index (χ4n) is 8.40. The Labute approximate surface area is 479 Å². The van der Waals surface area contributed by atoms with E-state index in [0.717, 1.165) is 22.3 Å². The smallest absolute Gasteiger partial charge is 0.545 e. The van der Waals surface area contributed by atoms with Crippen molar-refractivity contribution in [2.75, 3.05) is 0 Å². The number of benzene rings is 8. The van der Waals surface area contributed by atoms with Gasteiger partial charge in [0.2, 0.25) is 0 Å². The summed E-state index contributed by atoms with van der Waals surface area (Å²) in [5.41, 5.74) is 9.40. The van der Waals surface area contributed by atoms with Crippen LogP contribution in [0.4, 0.5) is 0 Å². The van der Waals surface area contributed by atoms with E-state index in [1.165, 1.54) is 0 Å². The summed E-state index contributed by atoms with van der Waals surface area (Å²) < 4.78 is 0. The zero-order chi connectivity index (χ0) is 53.0. The number of rotatable bonds is 8. The van der Waals surface area contributed by atoms with Crippen LogP contribution in [0.25, 0.3) is 88.6 Å². The van der Waals surface area contributed by atoms with E-state index in [1.54, 1.807) is 97.1 Å². The molecule has 14 nitrogen and oxygen atoms in total. The Kier molecular flexibility index (Phi) is 21.8. The van der Waals surface area contributed by atoms with E-state index in [1.807, 2.05) is 146 Å². The van der Waals surface area contributed by atoms with E-state index in [9.17, 15) is 39.6 Å². The molecule has 12 aromatic rings. The largest absolute Gasteiger partial charge is 2.00 e. The number of aromatic nitrogens is 4. The molecule has 0 amide bonds. The van der Waals surface area contributed by atoms with Crippen molar-refractivity contribution in [1.82, 2.24) is 19.9 Å². The molecular formula is C64H46Cu2N4O10+2. The third-order valence-corrected chi connectivity index (χ3v) is 12.0. The maximum absolute atomic E-state index is 11.3. The number of carbonyl (C=O) groups excluding carboxylic acids is 4. The number of carboxylic acid groups (broad SMARTS) is 4. The predicted molar refractivity (Wildman–Crippen MR) is 296 cm³/mol. The van der Waals surface area contributed by atoms with Gasteiger partial charge in [0.25, 0.3) is 0 Å². The summed E-state index contributed by atoms with van der Waals surface area (Å²) >= 11 is 0. The number of aromatic carboxylic acids is 4. The number of pyridine rings is 4. The molecule has 0 aliphatic rings. The van der Waals surface area contributed by atoms with Crippen molar-refractivity contribution in [3.63, 3.8) is 0 Å². The Morgan fingerprint density at radius 2 is 0.412 bits per heavy atom. The molecule has 8 aromatic carbocycles. The molecule has 0 saturated carbocycles. The summed E-state index contributed by atoms with van der Waals surface area (Å²) in [7, 11) is 0. The van der Waals surface area contributed by atoms with Gasteiger partial charge in [-0.15, -0.1) is 0 Å². The van der Waals surface area contributed by atoms with Gasteiger partial charge in [-0.1, -0.05) is 194 Å². The second-order valence-electron chi connectivity index (χ2n) is 16.9. The Balaban J connectivity index is 0.000000193. The van der Waals surface area contributed by atoms with Crippen LogP contribution in [0.1, 0.15) is 41.4 Å². The van der Waals surface area contributed by atoms with Crippen molar-refractivity contribution < 1.29 is 84.7 Å². The number of para-hydroxylation sites is 4. The standard InChI is InChI=1S/4C16H11NO2.2Cu.2H2O/c4*18-16(19)13-10-15(11-6-2-1-3-7-11)17-14-9-5-4-8-12(13)14;;;;/h4*1-10H,(H,18,19);;;2*1H2/q;;;;2*+2;;/p-2. The number of carboxylic acids is 4. The van der Waals surface area contributed by atoms with Gasteiger partial charge in [0, 0.05) is 66.1 Å². The van der Waals surface area contributed by atoms with Gasteiger partial charge in [-0.25, -0.2) is 19.9 Å². The third-order valence-electron chi connectivity index (χ3n) is 12.0. The van der Waals surface area contributed by atoms with Gasteiger partial charge in [0.05, 0.1) is 68.7 Å². The van der Waals surface area contributed by atoms with E-state index in [0.29, 0.717) is 66.4 Å². The van der Waals surface area contributed by atoms with Crippen LogP contribution in [0.3, 0.4) is 0 Å². The van der Waals surface area contributed by atoms with Gasteiger partial charge >= 0.3 is 34.1 Å². The molecule has 0 aliphatic carbocycles. The van der Waals surface area contributed by atoms with Crippen LogP contribution >= 0.6 is 0 Å². The molecule has 0 saturated heterocycles. The summed E-state index contributed by atoms with van der Waals surface area (Å²) in [5, 5.41) is 47.4. The van der Waals surface area contributed by atoms with Gasteiger partial charge in [0.1, 0.15) is 0 Å². The molecule has 80 heavy (non-hydrogen) atoms. The zero-order valence-electron chi connectivity index (χ0n) is 41.9. The van der Waals surface area contributed by atoms with Crippen molar-refractivity contribution in [2.24, 2.45) is 0 Å². The van der Waals surface area contributed by atoms with Crippen LogP contribution in [0.15, 0.2) is 243 Å². The normalized spacial score (nSPS) is 10.0. The van der Waals surface area contributed by atoms with Gasteiger partial charge in [-0.05, 0) is 48.5 Å². The molecule has 0 unspecified atom stereocenters. The topological polar surface area (TPSA) is 278 Å². The first-order chi connectivity index (χ1) is 37.0. The Morgan fingerprint density at radius 3 is 0.588 bits per heavy atom. The van der Waals surface area contributed by atoms with Crippen molar-refractivity contribution in [3.8, 4) is 45.0 Å². The molecule has 402 valence electrons. The van der Waals surface area contributed by atoms with Gasteiger partial charge in [0.15, 0.2) is 0 Å². The maximum Gasteiger partial charge on any atom is 2.00 e. The number of fused-ring (bicyclic) bond motifs is 4. The van der Waals surface area contributed by atoms with Crippen LogP contribution in [0.2, 0.25) is 0 Å². The van der Waals surface area contributed by atoms with E-state index >= 15 is 0 Å². The monoisotopic (exact) mass is 1160 g/mol. The van der Waals surface area contributed by atoms with Crippen molar-refractivity contribution in [2.45, 2.75) is 0 Å². The molecule has 12 rings (SSSR count). The zero-order valence-corrected chi connectivity index (χ0v) is 43.8. The fourth-order valence-corrected chi connectivity index (χ4v) is 8.40. The van der Waals surface area contributed by atoms with Crippen LogP contribution < -0.4 is 20.4 Å². The maximum atomic E-state index is 11.3. The quantitative estimate of drug-likeness (QED) is 0.108. The number of carbonyl (C=O) groups is 4. The van der Waals surface area contributed by atoms with Gasteiger partial charge in [-0.2, -0.15) is 0 Å². The summed E-state index contributed by atoms with van der Waals surface area (Å²) in [6.07, 6.45) is 0. The molecule has 0 aliphatic heterocycles. The van der Waals surface area contributed by atoms with E-state index in [-0.39, 0.29) is 67.3 Å². The van der Waals surface area contributed by atoms with Crippen LogP contribution in [0, 0.1) is 0 Å². The molecule has 0 fully saturated rings.